The third kappa shape index (κ3) is 2.38. The van der Waals surface area contributed by atoms with E-state index in [0.717, 1.165) is 37.2 Å². The van der Waals surface area contributed by atoms with E-state index in [4.69, 9.17) is 0 Å². The normalized spacial score (nSPS) is 21.4. The molecule has 0 spiro atoms. The molecule has 0 bridgehead atoms. The Morgan fingerprint density at radius 1 is 1.56 bits per heavy atom. The molecule has 0 amide bonds. The van der Waals surface area contributed by atoms with Gasteiger partial charge in [-0.15, -0.1) is 0 Å². The number of aryl methyl sites for hydroxylation is 2. The van der Waals surface area contributed by atoms with Crippen LogP contribution in [-0.4, -0.2) is 36.2 Å². The third-order valence-corrected chi connectivity index (χ3v) is 3.27. The molecule has 1 fully saturated rings. The van der Waals surface area contributed by atoms with Gasteiger partial charge in [-0.2, -0.15) is 0 Å². The Bertz CT molecular complexity index is 343. The van der Waals surface area contributed by atoms with Crippen molar-refractivity contribution in [3.8, 4) is 0 Å². The average Bonchev–Trinajstić information content (AvgIpc) is 2.59. The minimum Gasteiger partial charge on any atom is -0.342 e. The molecule has 2 heterocycles. The van der Waals surface area contributed by atoms with E-state index in [0.29, 0.717) is 0 Å². The van der Waals surface area contributed by atoms with E-state index in [2.05, 4.69) is 39.9 Å². The third-order valence-electron chi connectivity index (χ3n) is 3.27. The monoisotopic (exact) mass is 222 g/mol. The van der Waals surface area contributed by atoms with Gasteiger partial charge >= 0.3 is 0 Å². The summed E-state index contributed by atoms with van der Waals surface area (Å²) in [5.41, 5.74) is 1.10. The molecule has 4 nitrogen and oxygen atoms in total. The molecule has 1 atom stereocenters. The molecule has 1 aromatic heterocycles. The van der Waals surface area contributed by atoms with Crippen LogP contribution in [0.1, 0.15) is 18.5 Å². The second-order valence-corrected chi connectivity index (χ2v) is 4.81. The maximum absolute atomic E-state index is 4.60. The van der Waals surface area contributed by atoms with Crippen LogP contribution in [0, 0.1) is 12.8 Å². The fraction of sp³-hybridized carbons (Fsp3) is 0.750. The Morgan fingerprint density at radius 3 is 3.00 bits per heavy atom. The summed E-state index contributed by atoms with van der Waals surface area (Å²) in [6.45, 7) is 5.44. The number of piperidine rings is 1. The molecule has 90 valence electrons. The van der Waals surface area contributed by atoms with Crippen LogP contribution in [-0.2, 0) is 7.05 Å². The molecule has 1 unspecified atom stereocenters. The first-order chi connectivity index (χ1) is 7.70. The van der Waals surface area contributed by atoms with E-state index < -0.39 is 0 Å². The van der Waals surface area contributed by atoms with Crippen molar-refractivity contribution >= 4 is 5.95 Å². The van der Waals surface area contributed by atoms with Gasteiger partial charge in [-0.1, -0.05) is 0 Å². The number of rotatable bonds is 3. The van der Waals surface area contributed by atoms with Crippen LogP contribution in [0.4, 0.5) is 5.95 Å². The van der Waals surface area contributed by atoms with E-state index in [9.17, 15) is 0 Å². The van der Waals surface area contributed by atoms with E-state index in [1.165, 1.54) is 12.8 Å². The van der Waals surface area contributed by atoms with Gasteiger partial charge in [-0.3, -0.25) is 0 Å². The zero-order valence-electron chi connectivity index (χ0n) is 10.5. The fourth-order valence-electron chi connectivity index (χ4n) is 2.60. The van der Waals surface area contributed by atoms with E-state index in [1.54, 1.807) is 0 Å². The van der Waals surface area contributed by atoms with Gasteiger partial charge < -0.3 is 14.8 Å². The minimum absolute atomic E-state index is 0.760. The van der Waals surface area contributed by atoms with Crippen LogP contribution < -0.4 is 10.2 Å². The molecule has 1 aliphatic heterocycles. The molecule has 0 radical (unpaired) electrons. The zero-order chi connectivity index (χ0) is 11.5. The number of hydrogen-bond donors (Lipinski definition) is 1. The predicted octanol–water partition coefficient (Wildman–Crippen LogP) is 1.16. The Hall–Kier alpha value is -1.03. The molecule has 4 heteroatoms. The van der Waals surface area contributed by atoms with Crippen LogP contribution in [0.15, 0.2) is 6.20 Å². The van der Waals surface area contributed by atoms with E-state index >= 15 is 0 Å². The van der Waals surface area contributed by atoms with Gasteiger partial charge in [0.05, 0.1) is 5.69 Å². The van der Waals surface area contributed by atoms with Crippen LogP contribution >= 0.6 is 0 Å². The second kappa shape index (κ2) is 4.87. The Kier molecular flexibility index (Phi) is 3.49. The Balaban J connectivity index is 2.06. The molecular formula is C12H22N4. The minimum atomic E-state index is 0.760. The largest absolute Gasteiger partial charge is 0.342 e. The smallest absolute Gasteiger partial charge is 0.205 e. The standard InChI is InChI=1S/C12H22N4/c1-10-8-15(3)12(14-10)16-6-4-5-11(9-16)7-13-2/h8,11,13H,4-7,9H2,1-3H3. The van der Waals surface area contributed by atoms with Crippen LogP contribution in [0.5, 0.6) is 0 Å². The lowest BCUT2D eigenvalue weighted by molar-refractivity contribution is 0.398. The summed E-state index contributed by atoms with van der Waals surface area (Å²) in [6.07, 6.45) is 4.70. The Labute approximate surface area is 97.7 Å². The van der Waals surface area contributed by atoms with Crippen molar-refractivity contribution < 1.29 is 0 Å². The molecule has 16 heavy (non-hydrogen) atoms. The van der Waals surface area contributed by atoms with Gasteiger partial charge in [0.1, 0.15) is 0 Å². The summed E-state index contributed by atoms with van der Waals surface area (Å²) in [5.74, 6) is 1.88. The number of aromatic nitrogens is 2. The first-order valence-electron chi connectivity index (χ1n) is 6.10. The van der Waals surface area contributed by atoms with Crippen LogP contribution in [0.25, 0.3) is 0 Å². The van der Waals surface area contributed by atoms with Gasteiger partial charge in [-0.25, -0.2) is 4.98 Å². The van der Waals surface area contributed by atoms with E-state index in [-0.39, 0.29) is 0 Å². The van der Waals surface area contributed by atoms with Gasteiger partial charge in [-0.05, 0) is 39.3 Å². The summed E-state index contributed by atoms with van der Waals surface area (Å²) in [4.78, 5) is 7.01. The van der Waals surface area contributed by atoms with Crippen molar-refractivity contribution in [3.05, 3.63) is 11.9 Å². The fourth-order valence-corrected chi connectivity index (χ4v) is 2.60. The topological polar surface area (TPSA) is 33.1 Å². The number of nitrogens with zero attached hydrogens (tertiary/aromatic N) is 3. The quantitative estimate of drug-likeness (QED) is 0.833. The summed E-state index contributed by atoms with van der Waals surface area (Å²) in [7, 11) is 4.11. The molecule has 1 aromatic rings. The van der Waals surface area contributed by atoms with Crippen molar-refractivity contribution in [2.45, 2.75) is 19.8 Å². The molecule has 1 N–H and O–H groups in total. The first kappa shape index (κ1) is 11.5. The van der Waals surface area contributed by atoms with Crippen molar-refractivity contribution in [1.29, 1.82) is 0 Å². The van der Waals surface area contributed by atoms with Gasteiger partial charge in [0.25, 0.3) is 0 Å². The highest BCUT2D eigenvalue weighted by molar-refractivity contribution is 5.33. The lowest BCUT2D eigenvalue weighted by Gasteiger charge is -2.33. The molecule has 0 saturated carbocycles. The molecule has 0 aliphatic carbocycles. The molecular weight excluding hydrogens is 200 g/mol. The average molecular weight is 222 g/mol. The van der Waals surface area contributed by atoms with Crippen molar-refractivity contribution in [1.82, 2.24) is 14.9 Å². The first-order valence-corrected chi connectivity index (χ1v) is 6.10. The molecule has 1 saturated heterocycles. The van der Waals surface area contributed by atoms with E-state index in [1.807, 2.05) is 7.05 Å². The molecule has 0 aromatic carbocycles. The number of nitrogens with one attached hydrogen (secondary N) is 1. The highest BCUT2D eigenvalue weighted by Gasteiger charge is 2.22. The van der Waals surface area contributed by atoms with Gasteiger partial charge in [0.15, 0.2) is 0 Å². The lowest BCUT2D eigenvalue weighted by atomic mass is 9.98. The lowest BCUT2D eigenvalue weighted by Crippen LogP contribution is -2.40. The SMILES string of the molecule is CNCC1CCCN(c2nc(C)cn2C)C1. The second-order valence-electron chi connectivity index (χ2n) is 4.81. The van der Waals surface area contributed by atoms with Crippen molar-refractivity contribution in [3.63, 3.8) is 0 Å². The number of anilines is 1. The predicted molar refractivity (Wildman–Crippen MR) is 66.8 cm³/mol. The summed E-state index contributed by atoms with van der Waals surface area (Å²) in [5, 5.41) is 3.28. The number of imidazole rings is 1. The van der Waals surface area contributed by atoms with Gasteiger partial charge in [0, 0.05) is 26.3 Å². The molecule has 1 aliphatic rings. The highest BCUT2D eigenvalue weighted by Crippen LogP contribution is 2.21. The van der Waals surface area contributed by atoms with Crippen molar-refractivity contribution in [2.75, 3.05) is 31.6 Å². The summed E-state index contributed by atoms with van der Waals surface area (Å²) in [6, 6.07) is 0. The van der Waals surface area contributed by atoms with Crippen LogP contribution in [0.3, 0.4) is 0 Å². The summed E-state index contributed by atoms with van der Waals surface area (Å²) < 4.78 is 2.14. The number of hydrogen-bond acceptors (Lipinski definition) is 3. The Morgan fingerprint density at radius 2 is 2.38 bits per heavy atom. The maximum atomic E-state index is 4.60. The van der Waals surface area contributed by atoms with Crippen molar-refractivity contribution in [2.24, 2.45) is 13.0 Å². The maximum Gasteiger partial charge on any atom is 0.205 e. The van der Waals surface area contributed by atoms with Crippen LogP contribution in [0.2, 0.25) is 0 Å². The van der Waals surface area contributed by atoms with Gasteiger partial charge in [0.2, 0.25) is 5.95 Å². The highest BCUT2D eigenvalue weighted by atomic mass is 15.3. The zero-order valence-corrected chi connectivity index (χ0v) is 10.5. The summed E-state index contributed by atoms with van der Waals surface area (Å²) >= 11 is 0. The molecule has 2 rings (SSSR count).